The van der Waals surface area contributed by atoms with Crippen molar-refractivity contribution in [3.05, 3.63) is 64.4 Å². The van der Waals surface area contributed by atoms with Crippen LogP contribution in [-0.2, 0) is 19.4 Å². The summed E-state index contributed by atoms with van der Waals surface area (Å²) in [5.74, 6) is 2.57. The predicted octanol–water partition coefficient (Wildman–Crippen LogP) is 3.76. The maximum Gasteiger partial charge on any atom is 0.211 e. The Morgan fingerprint density at radius 1 is 1.13 bits per heavy atom. The van der Waals surface area contributed by atoms with E-state index >= 15 is 0 Å². The topological polar surface area (TPSA) is 93.2 Å². The summed E-state index contributed by atoms with van der Waals surface area (Å²) >= 11 is 5.96. The SMILES string of the molecule is O[C@@H](CC[C@H]1CCc2ccc(OCc3nn[nH]n3)cc2C1)COc1cccc(Cl)c1. The van der Waals surface area contributed by atoms with Gasteiger partial charge in [0.05, 0.1) is 6.10 Å². The van der Waals surface area contributed by atoms with Crippen LogP contribution in [0.4, 0.5) is 0 Å². The van der Waals surface area contributed by atoms with Gasteiger partial charge in [-0.1, -0.05) is 28.9 Å². The predicted molar refractivity (Wildman–Crippen MR) is 113 cm³/mol. The molecule has 0 saturated carbocycles. The monoisotopic (exact) mass is 428 g/mol. The zero-order valence-corrected chi connectivity index (χ0v) is 17.4. The zero-order chi connectivity index (χ0) is 20.8. The minimum atomic E-state index is -0.491. The van der Waals surface area contributed by atoms with Crippen LogP contribution in [0, 0.1) is 5.92 Å². The number of halogens is 1. The number of aromatic nitrogens is 4. The Morgan fingerprint density at radius 3 is 2.87 bits per heavy atom. The Hall–Kier alpha value is -2.64. The van der Waals surface area contributed by atoms with Gasteiger partial charge in [-0.3, -0.25) is 0 Å². The lowest BCUT2D eigenvalue weighted by Crippen LogP contribution is -2.21. The van der Waals surface area contributed by atoms with Crippen LogP contribution in [0.5, 0.6) is 11.5 Å². The van der Waals surface area contributed by atoms with Crippen LogP contribution < -0.4 is 9.47 Å². The van der Waals surface area contributed by atoms with E-state index in [-0.39, 0.29) is 13.2 Å². The normalized spacial score (nSPS) is 16.7. The van der Waals surface area contributed by atoms with E-state index in [1.54, 1.807) is 12.1 Å². The number of nitrogens with zero attached hydrogens (tertiary/aromatic N) is 3. The molecule has 0 spiro atoms. The first-order chi connectivity index (χ1) is 14.7. The zero-order valence-electron chi connectivity index (χ0n) is 16.6. The van der Waals surface area contributed by atoms with Crippen LogP contribution in [0.25, 0.3) is 0 Å². The van der Waals surface area contributed by atoms with Gasteiger partial charge >= 0.3 is 0 Å². The number of H-pyrrole nitrogens is 1. The highest BCUT2D eigenvalue weighted by atomic mass is 35.5. The fourth-order valence-corrected chi connectivity index (χ4v) is 3.98. The van der Waals surface area contributed by atoms with E-state index in [0.29, 0.717) is 28.9 Å². The minimum absolute atomic E-state index is 0.276. The smallest absolute Gasteiger partial charge is 0.211 e. The number of aliphatic hydroxyl groups is 1. The molecular weight excluding hydrogens is 404 g/mol. The number of aryl methyl sites for hydroxylation is 1. The Labute approximate surface area is 180 Å². The molecule has 1 aliphatic rings. The number of hydrogen-bond donors (Lipinski definition) is 2. The van der Waals surface area contributed by atoms with Crippen molar-refractivity contribution in [1.29, 1.82) is 0 Å². The molecule has 1 aliphatic carbocycles. The van der Waals surface area contributed by atoms with Crippen LogP contribution in [0.2, 0.25) is 5.02 Å². The third kappa shape index (κ3) is 5.70. The molecular formula is C22H25ClN4O3. The molecule has 1 aromatic heterocycles. The average Bonchev–Trinajstić information content (AvgIpc) is 3.28. The summed E-state index contributed by atoms with van der Waals surface area (Å²) in [7, 11) is 0. The lowest BCUT2D eigenvalue weighted by Gasteiger charge is -2.26. The van der Waals surface area contributed by atoms with Crippen molar-refractivity contribution in [3.63, 3.8) is 0 Å². The third-order valence-corrected chi connectivity index (χ3v) is 5.65. The number of aromatic amines is 1. The van der Waals surface area contributed by atoms with Gasteiger partial charge in [-0.25, -0.2) is 0 Å². The van der Waals surface area contributed by atoms with Gasteiger partial charge in [0.1, 0.15) is 18.1 Å². The first-order valence-electron chi connectivity index (χ1n) is 10.2. The number of ether oxygens (including phenoxy) is 2. The summed E-state index contributed by atoms with van der Waals surface area (Å²) in [5.41, 5.74) is 2.70. The van der Waals surface area contributed by atoms with E-state index in [1.807, 2.05) is 18.2 Å². The molecule has 0 aliphatic heterocycles. The van der Waals surface area contributed by atoms with Crippen LogP contribution >= 0.6 is 11.6 Å². The van der Waals surface area contributed by atoms with Crippen LogP contribution in [-0.4, -0.2) is 38.4 Å². The summed E-state index contributed by atoms with van der Waals surface area (Å²) in [6.07, 6.45) is 4.38. The van der Waals surface area contributed by atoms with E-state index in [1.165, 1.54) is 11.1 Å². The van der Waals surface area contributed by atoms with E-state index in [9.17, 15) is 5.11 Å². The van der Waals surface area contributed by atoms with E-state index in [0.717, 1.165) is 31.4 Å². The second kappa shape index (κ2) is 9.91. The van der Waals surface area contributed by atoms with Crippen molar-refractivity contribution in [2.45, 2.75) is 44.8 Å². The molecule has 0 fully saturated rings. The maximum absolute atomic E-state index is 10.3. The second-order valence-electron chi connectivity index (χ2n) is 7.66. The number of benzene rings is 2. The van der Waals surface area contributed by atoms with Crippen molar-refractivity contribution in [2.75, 3.05) is 6.61 Å². The highest BCUT2D eigenvalue weighted by Crippen LogP contribution is 2.31. The largest absolute Gasteiger partial charge is 0.491 e. The molecule has 7 nitrogen and oxygen atoms in total. The summed E-state index contributed by atoms with van der Waals surface area (Å²) in [4.78, 5) is 0. The maximum atomic E-state index is 10.3. The van der Waals surface area contributed by atoms with Crippen molar-refractivity contribution in [2.24, 2.45) is 5.92 Å². The fourth-order valence-electron chi connectivity index (χ4n) is 3.80. The number of rotatable bonds is 9. The standard InChI is InChI=1S/C22H25ClN4O3/c23-18-2-1-3-20(12-18)29-13-19(28)8-5-15-4-6-16-7-9-21(11-17(16)10-15)30-14-22-24-26-27-25-22/h1-3,7,9,11-12,15,19,28H,4-6,8,10,13-14H2,(H,24,25,26,27)/t15-,19+/m1/s1. The molecule has 158 valence electrons. The van der Waals surface area contributed by atoms with E-state index in [4.69, 9.17) is 21.1 Å². The van der Waals surface area contributed by atoms with Crippen molar-refractivity contribution >= 4 is 11.6 Å². The Balaban J connectivity index is 1.24. The minimum Gasteiger partial charge on any atom is -0.491 e. The van der Waals surface area contributed by atoms with Crippen LogP contribution in [0.1, 0.15) is 36.2 Å². The lowest BCUT2D eigenvalue weighted by molar-refractivity contribution is 0.0929. The molecule has 2 N–H and O–H groups in total. The Kier molecular flexibility index (Phi) is 6.81. The first-order valence-corrected chi connectivity index (χ1v) is 10.6. The highest BCUT2D eigenvalue weighted by molar-refractivity contribution is 6.30. The molecule has 2 atom stereocenters. The van der Waals surface area contributed by atoms with Gasteiger partial charge < -0.3 is 14.6 Å². The van der Waals surface area contributed by atoms with Gasteiger partial charge in [0, 0.05) is 5.02 Å². The van der Waals surface area contributed by atoms with Gasteiger partial charge in [0.25, 0.3) is 0 Å². The van der Waals surface area contributed by atoms with E-state index < -0.39 is 6.10 Å². The van der Waals surface area contributed by atoms with E-state index in [2.05, 4.69) is 32.8 Å². The summed E-state index contributed by atoms with van der Waals surface area (Å²) in [5, 5.41) is 24.7. The molecule has 2 aromatic carbocycles. The van der Waals surface area contributed by atoms with Crippen molar-refractivity contribution in [3.8, 4) is 11.5 Å². The molecule has 3 aromatic rings. The fraction of sp³-hybridized carbons (Fsp3) is 0.409. The number of tetrazole rings is 1. The Morgan fingerprint density at radius 2 is 2.03 bits per heavy atom. The molecule has 1 heterocycles. The summed E-state index contributed by atoms with van der Waals surface area (Å²) < 4.78 is 11.4. The van der Waals surface area contributed by atoms with Crippen molar-refractivity contribution in [1.82, 2.24) is 20.6 Å². The molecule has 30 heavy (non-hydrogen) atoms. The van der Waals surface area contributed by atoms with Crippen LogP contribution in [0.3, 0.4) is 0 Å². The molecule has 0 bridgehead atoms. The van der Waals surface area contributed by atoms with Crippen molar-refractivity contribution < 1.29 is 14.6 Å². The molecule has 0 radical (unpaired) electrons. The molecule has 8 heteroatoms. The summed E-state index contributed by atoms with van der Waals surface area (Å²) in [6.45, 7) is 0.565. The Bertz CT molecular complexity index is 951. The number of fused-ring (bicyclic) bond motifs is 1. The number of nitrogens with one attached hydrogen (secondary N) is 1. The average molecular weight is 429 g/mol. The third-order valence-electron chi connectivity index (χ3n) is 5.41. The highest BCUT2D eigenvalue weighted by Gasteiger charge is 2.20. The molecule has 0 saturated heterocycles. The van der Waals surface area contributed by atoms with Gasteiger partial charge in [-0.05, 0) is 79.5 Å². The second-order valence-corrected chi connectivity index (χ2v) is 8.09. The first kappa shape index (κ1) is 20.6. The number of aliphatic hydroxyl groups excluding tert-OH is 1. The lowest BCUT2D eigenvalue weighted by atomic mass is 9.81. The number of hydrogen-bond acceptors (Lipinski definition) is 6. The quantitative estimate of drug-likeness (QED) is 0.539. The summed E-state index contributed by atoms with van der Waals surface area (Å²) in [6, 6.07) is 13.5. The molecule has 0 amide bonds. The van der Waals surface area contributed by atoms with Gasteiger partial charge in [0.15, 0.2) is 6.61 Å². The molecule has 4 rings (SSSR count). The molecule has 0 unspecified atom stereocenters. The van der Waals surface area contributed by atoms with Gasteiger partial charge in [-0.2, -0.15) is 5.21 Å². The van der Waals surface area contributed by atoms with Crippen LogP contribution in [0.15, 0.2) is 42.5 Å². The van der Waals surface area contributed by atoms with Gasteiger partial charge in [-0.15, -0.1) is 10.2 Å². The van der Waals surface area contributed by atoms with Gasteiger partial charge in [0.2, 0.25) is 5.82 Å².